The Labute approximate surface area is 176 Å². The summed E-state index contributed by atoms with van der Waals surface area (Å²) >= 11 is 2.97. The molecule has 0 amide bonds. The zero-order valence-corrected chi connectivity index (χ0v) is 17.3. The summed E-state index contributed by atoms with van der Waals surface area (Å²) in [5, 5.41) is 11.1. The monoisotopic (exact) mass is 423 g/mol. The number of aromatic nitrogens is 3. The Kier molecular flexibility index (Phi) is 5.87. The van der Waals surface area contributed by atoms with Crippen molar-refractivity contribution in [2.45, 2.75) is 23.9 Å². The largest absolute Gasteiger partial charge is 0.297 e. The second-order valence-corrected chi connectivity index (χ2v) is 8.74. The quantitative estimate of drug-likeness (QED) is 0.288. The van der Waals surface area contributed by atoms with Crippen LogP contribution in [0.15, 0.2) is 77.3 Å². The summed E-state index contributed by atoms with van der Waals surface area (Å²) in [7, 11) is 0. The Morgan fingerprint density at radius 1 is 1.07 bits per heavy atom. The number of carbonyl (C=O) groups is 1. The van der Waals surface area contributed by atoms with Gasteiger partial charge in [-0.3, -0.25) is 9.36 Å². The summed E-state index contributed by atoms with van der Waals surface area (Å²) < 4.78 is 15.2. The molecule has 0 saturated heterocycles. The molecular formula is C22H18FN3OS2. The van der Waals surface area contributed by atoms with E-state index in [9.17, 15) is 9.18 Å². The summed E-state index contributed by atoms with van der Waals surface area (Å²) in [6, 6.07) is 19.7. The predicted octanol–water partition coefficient (Wildman–Crippen LogP) is 5.56. The molecule has 2 aromatic heterocycles. The molecule has 0 N–H and O–H groups in total. The summed E-state index contributed by atoms with van der Waals surface area (Å²) in [6.45, 7) is 2.45. The van der Waals surface area contributed by atoms with Gasteiger partial charge < -0.3 is 0 Å². The van der Waals surface area contributed by atoms with Crippen molar-refractivity contribution in [1.29, 1.82) is 0 Å². The first-order chi connectivity index (χ1) is 14.1. The normalized spacial score (nSPS) is 12.1. The maximum atomic E-state index is 13.2. The highest BCUT2D eigenvalue weighted by Gasteiger charge is 2.22. The molecule has 4 nitrogen and oxygen atoms in total. The van der Waals surface area contributed by atoms with Gasteiger partial charge in [0.15, 0.2) is 16.8 Å². The number of halogens is 1. The van der Waals surface area contributed by atoms with E-state index < -0.39 is 0 Å². The molecule has 0 fully saturated rings. The van der Waals surface area contributed by atoms with E-state index in [4.69, 9.17) is 0 Å². The highest BCUT2D eigenvalue weighted by atomic mass is 32.2. The van der Waals surface area contributed by atoms with Crippen molar-refractivity contribution in [3.05, 3.63) is 89.1 Å². The second-order valence-electron chi connectivity index (χ2n) is 6.49. The van der Waals surface area contributed by atoms with Gasteiger partial charge in [0.1, 0.15) is 5.82 Å². The number of benzene rings is 2. The number of nitrogens with zero attached hydrogens (tertiary/aromatic N) is 3. The van der Waals surface area contributed by atoms with Gasteiger partial charge in [0.2, 0.25) is 0 Å². The van der Waals surface area contributed by atoms with E-state index in [1.807, 2.05) is 47.2 Å². The van der Waals surface area contributed by atoms with Crippen LogP contribution >= 0.6 is 23.1 Å². The fraction of sp³-hybridized carbons (Fsp3) is 0.136. The molecule has 0 spiro atoms. The summed E-state index contributed by atoms with van der Waals surface area (Å²) in [6.07, 6.45) is 0. The third-order valence-electron chi connectivity index (χ3n) is 4.42. The first-order valence-corrected chi connectivity index (χ1v) is 10.8. The smallest absolute Gasteiger partial charge is 0.192 e. The van der Waals surface area contributed by atoms with Crippen molar-refractivity contribution in [2.24, 2.45) is 0 Å². The van der Waals surface area contributed by atoms with Gasteiger partial charge in [-0.25, -0.2) is 4.39 Å². The van der Waals surface area contributed by atoms with E-state index in [-0.39, 0.29) is 16.9 Å². The predicted molar refractivity (Wildman–Crippen MR) is 115 cm³/mol. The molecule has 2 aromatic carbocycles. The molecule has 0 aliphatic heterocycles. The lowest BCUT2D eigenvalue weighted by Crippen LogP contribution is -2.15. The van der Waals surface area contributed by atoms with Gasteiger partial charge in [-0.05, 0) is 48.2 Å². The number of thiophene rings is 1. The molecule has 29 heavy (non-hydrogen) atoms. The highest BCUT2D eigenvalue weighted by Crippen LogP contribution is 2.31. The first kappa shape index (κ1) is 19.5. The van der Waals surface area contributed by atoms with Crippen LogP contribution in [0.25, 0.3) is 10.7 Å². The van der Waals surface area contributed by atoms with Gasteiger partial charge in [0.25, 0.3) is 0 Å². The Bertz CT molecular complexity index is 1090. The number of carbonyl (C=O) groups excluding carboxylic acids is 1. The molecule has 4 aromatic rings. The van der Waals surface area contributed by atoms with Crippen molar-refractivity contribution < 1.29 is 9.18 Å². The fourth-order valence-corrected chi connectivity index (χ4v) is 4.58. The van der Waals surface area contributed by atoms with Crippen molar-refractivity contribution in [3.8, 4) is 10.7 Å². The number of Topliss-reactive ketones (excluding diaryl/α,β-unsaturated/α-hetero) is 1. The van der Waals surface area contributed by atoms with Crippen LogP contribution in [0, 0.1) is 5.82 Å². The Balaban J connectivity index is 1.62. The van der Waals surface area contributed by atoms with E-state index in [0.717, 1.165) is 16.3 Å². The molecule has 0 aliphatic carbocycles. The van der Waals surface area contributed by atoms with Crippen molar-refractivity contribution in [3.63, 3.8) is 0 Å². The van der Waals surface area contributed by atoms with Crippen molar-refractivity contribution in [1.82, 2.24) is 14.8 Å². The van der Waals surface area contributed by atoms with Gasteiger partial charge in [-0.15, -0.1) is 21.5 Å². The van der Waals surface area contributed by atoms with Crippen LogP contribution in [0.4, 0.5) is 4.39 Å². The lowest BCUT2D eigenvalue weighted by Gasteiger charge is -2.13. The number of hydrogen-bond donors (Lipinski definition) is 0. The van der Waals surface area contributed by atoms with E-state index >= 15 is 0 Å². The summed E-state index contributed by atoms with van der Waals surface area (Å²) in [4.78, 5) is 13.8. The number of thioether (sulfide) groups is 1. The highest BCUT2D eigenvalue weighted by molar-refractivity contribution is 8.00. The zero-order chi connectivity index (χ0) is 20.2. The summed E-state index contributed by atoms with van der Waals surface area (Å²) in [5.41, 5.74) is 1.61. The van der Waals surface area contributed by atoms with Crippen LogP contribution in [0.1, 0.15) is 22.8 Å². The van der Waals surface area contributed by atoms with Crippen LogP contribution < -0.4 is 0 Å². The molecule has 2 heterocycles. The van der Waals surface area contributed by atoms with Crippen molar-refractivity contribution >= 4 is 28.9 Å². The fourth-order valence-electron chi connectivity index (χ4n) is 2.93. The van der Waals surface area contributed by atoms with Gasteiger partial charge >= 0.3 is 0 Å². The standard InChI is InChI=1S/C22H18FN3OS2/c1-15(20(27)17-9-11-18(23)12-10-17)29-22-25-24-21(19-8-5-13-28-19)26(22)14-16-6-3-2-4-7-16/h2-13,15H,14H2,1H3. The second kappa shape index (κ2) is 8.71. The van der Waals surface area contributed by atoms with Crippen LogP contribution in [-0.2, 0) is 6.54 Å². The van der Waals surface area contributed by atoms with E-state index in [0.29, 0.717) is 17.3 Å². The Hall–Kier alpha value is -2.77. The van der Waals surface area contributed by atoms with E-state index in [1.165, 1.54) is 36.0 Å². The maximum Gasteiger partial charge on any atom is 0.192 e. The molecular weight excluding hydrogens is 405 g/mol. The SMILES string of the molecule is CC(Sc1nnc(-c2cccs2)n1Cc1ccccc1)C(=O)c1ccc(F)cc1. The first-order valence-electron chi connectivity index (χ1n) is 9.09. The minimum absolute atomic E-state index is 0.0677. The van der Waals surface area contributed by atoms with Crippen molar-refractivity contribution in [2.75, 3.05) is 0 Å². The molecule has 0 saturated carbocycles. The minimum atomic E-state index is -0.379. The molecule has 0 aliphatic rings. The maximum absolute atomic E-state index is 13.2. The van der Waals surface area contributed by atoms with Crippen LogP contribution in [0.5, 0.6) is 0 Å². The molecule has 1 atom stereocenters. The summed E-state index contributed by atoms with van der Waals surface area (Å²) in [5.74, 6) is 0.361. The molecule has 0 radical (unpaired) electrons. The van der Waals surface area contributed by atoms with E-state index in [2.05, 4.69) is 22.3 Å². The lowest BCUT2D eigenvalue weighted by atomic mass is 10.1. The van der Waals surface area contributed by atoms with Gasteiger partial charge in [-0.1, -0.05) is 48.2 Å². The zero-order valence-electron chi connectivity index (χ0n) is 15.7. The number of ketones is 1. The Morgan fingerprint density at radius 3 is 2.52 bits per heavy atom. The topological polar surface area (TPSA) is 47.8 Å². The van der Waals surface area contributed by atoms with Gasteiger partial charge in [-0.2, -0.15) is 0 Å². The lowest BCUT2D eigenvalue weighted by molar-refractivity contribution is 0.0994. The number of hydrogen-bond acceptors (Lipinski definition) is 5. The van der Waals surface area contributed by atoms with Gasteiger partial charge in [0, 0.05) is 5.56 Å². The van der Waals surface area contributed by atoms with E-state index in [1.54, 1.807) is 11.3 Å². The van der Waals surface area contributed by atoms with Crippen LogP contribution in [0.2, 0.25) is 0 Å². The van der Waals surface area contributed by atoms with Crippen LogP contribution in [0.3, 0.4) is 0 Å². The average Bonchev–Trinajstić information content (AvgIpc) is 3.39. The third-order valence-corrected chi connectivity index (χ3v) is 6.37. The average molecular weight is 424 g/mol. The number of rotatable bonds is 7. The molecule has 0 bridgehead atoms. The molecule has 4 rings (SSSR count). The molecule has 1 unspecified atom stereocenters. The molecule has 146 valence electrons. The third kappa shape index (κ3) is 4.46. The van der Waals surface area contributed by atoms with Gasteiger partial charge in [0.05, 0.1) is 16.7 Å². The van der Waals surface area contributed by atoms with Crippen LogP contribution in [-0.4, -0.2) is 25.8 Å². The molecule has 7 heteroatoms. The Morgan fingerprint density at radius 2 is 1.83 bits per heavy atom. The minimum Gasteiger partial charge on any atom is -0.297 e.